The van der Waals surface area contributed by atoms with Crippen molar-refractivity contribution in [3.8, 4) is 0 Å². The van der Waals surface area contributed by atoms with Crippen molar-refractivity contribution in [2.75, 3.05) is 18.5 Å². The molecule has 0 spiro atoms. The number of pyridine rings is 1. The van der Waals surface area contributed by atoms with Gasteiger partial charge in [0.1, 0.15) is 22.9 Å². The maximum absolute atomic E-state index is 13.5. The third kappa shape index (κ3) is 4.84. The molecule has 0 radical (unpaired) electrons. The molecule has 1 amide bonds. The van der Waals surface area contributed by atoms with Crippen LogP contribution in [0.4, 0.5) is 5.88 Å². The number of benzene rings is 1. The number of esters is 2. The predicted octanol–water partition coefficient (Wildman–Crippen LogP) is 4.46. The first-order valence-electron chi connectivity index (χ1n) is 11.6. The molecule has 0 aliphatic rings. The van der Waals surface area contributed by atoms with Gasteiger partial charge in [0.05, 0.1) is 18.7 Å². The molecule has 9 heteroatoms. The number of anilines is 1. The van der Waals surface area contributed by atoms with Gasteiger partial charge in [-0.25, -0.2) is 9.59 Å². The standard InChI is InChI=1S/C26H30N2O7/c1-7-18(28-19(29)13-15(5)17-12-10-11-14(4)22(17)28)23(30)27-24-21(26(32)34-9-3)20(16(6)35-24)25(31)33-8-2/h10-13,18H,7-9H2,1-6H3,(H,27,30). The molecule has 9 nitrogen and oxygen atoms in total. The molecule has 0 saturated heterocycles. The van der Waals surface area contributed by atoms with Crippen LogP contribution in [0, 0.1) is 20.8 Å². The summed E-state index contributed by atoms with van der Waals surface area (Å²) in [5.41, 5.74) is 1.67. The van der Waals surface area contributed by atoms with Gasteiger partial charge in [0.25, 0.3) is 5.56 Å². The highest BCUT2D eigenvalue weighted by Crippen LogP contribution is 2.31. The van der Waals surface area contributed by atoms with Gasteiger partial charge < -0.3 is 13.9 Å². The minimum absolute atomic E-state index is 0.0559. The first-order valence-corrected chi connectivity index (χ1v) is 11.6. The summed E-state index contributed by atoms with van der Waals surface area (Å²) >= 11 is 0. The van der Waals surface area contributed by atoms with Crippen molar-refractivity contribution in [2.45, 2.75) is 54.0 Å². The number of carbonyl (C=O) groups is 3. The lowest BCUT2D eigenvalue weighted by molar-refractivity contribution is -0.119. The van der Waals surface area contributed by atoms with E-state index >= 15 is 0 Å². The molecule has 0 saturated carbocycles. The number of ether oxygens (including phenoxy) is 2. The van der Waals surface area contributed by atoms with Gasteiger partial charge in [-0.15, -0.1) is 0 Å². The lowest BCUT2D eigenvalue weighted by Gasteiger charge is -2.21. The molecule has 1 N–H and O–H groups in total. The van der Waals surface area contributed by atoms with Crippen molar-refractivity contribution in [3.63, 3.8) is 0 Å². The molecule has 0 bridgehead atoms. The Morgan fingerprint density at radius 2 is 1.60 bits per heavy atom. The second-order valence-corrected chi connectivity index (χ2v) is 8.10. The van der Waals surface area contributed by atoms with E-state index in [9.17, 15) is 19.2 Å². The van der Waals surface area contributed by atoms with Crippen LogP contribution in [0.5, 0.6) is 0 Å². The maximum atomic E-state index is 13.5. The van der Waals surface area contributed by atoms with Crippen LogP contribution in [-0.4, -0.2) is 35.6 Å². The summed E-state index contributed by atoms with van der Waals surface area (Å²) in [5, 5.41) is 3.47. The van der Waals surface area contributed by atoms with Gasteiger partial charge in [-0.1, -0.05) is 25.1 Å². The zero-order valence-corrected chi connectivity index (χ0v) is 20.8. The minimum Gasteiger partial charge on any atom is -0.462 e. The summed E-state index contributed by atoms with van der Waals surface area (Å²) in [6, 6.07) is 6.27. The Morgan fingerprint density at radius 3 is 2.20 bits per heavy atom. The molecule has 0 aliphatic heterocycles. The van der Waals surface area contributed by atoms with E-state index < -0.39 is 23.9 Å². The highest BCUT2D eigenvalue weighted by Gasteiger charge is 2.33. The van der Waals surface area contributed by atoms with E-state index in [1.165, 1.54) is 17.6 Å². The Labute approximate surface area is 203 Å². The molecule has 2 heterocycles. The molecule has 35 heavy (non-hydrogen) atoms. The number of aromatic nitrogens is 1. The van der Waals surface area contributed by atoms with Gasteiger partial charge in [0.15, 0.2) is 0 Å². The molecule has 3 aromatic rings. The number of hydrogen-bond acceptors (Lipinski definition) is 7. The fourth-order valence-corrected chi connectivity index (χ4v) is 4.21. The Hall–Kier alpha value is -3.88. The lowest BCUT2D eigenvalue weighted by Crippen LogP contribution is -2.34. The van der Waals surface area contributed by atoms with E-state index in [1.807, 2.05) is 32.0 Å². The van der Waals surface area contributed by atoms with Gasteiger partial charge in [0.2, 0.25) is 11.8 Å². The molecule has 0 fully saturated rings. The van der Waals surface area contributed by atoms with Crippen molar-refractivity contribution >= 4 is 34.6 Å². The summed E-state index contributed by atoms with van der Waals surface area (Å²) in [7, 11) is 0. The van der Waals surface area contributed by atoms with E-state index in [0.29, 0.717) is 5.52 Å². The van der Waals surface area contributed by atoms with Crippen LogP contribution in [-0.2, 0) is 14.3 Å². The Morgan fingerprint density at radius 1 is 0.971 bits per heavy atom. The molecule has 186 valence electrons. The largest absolute Gasteiger partial charge is 0.462 e. The number of furan rings is 1. The van der Waals surface area contributed by atoms with Crippen LogP contribution in [0.25, 0.3) is 10.9 Å². The molecule has 1 aromatic carbocycles. The quantitative estimate of drug-likeness (QED) is 0.471. The average molecular weight is 483 g/mol. The molecular formula is C26H30N2O7. The Bertz CT molecular complexity index is 1350. The van der Waals surface area contributed by atoms with Gasteiger partial charge >= 0.3 is 11.9 Å². The topological polar surface area (TPSA) is 117 Å². The van der Waals surface area contributed by atoms with Gasteiger partial charge in [-0.05, 0) is 52.2 Å². The summed E-state index contributed by atoms with van der Waals surface area (Å²) < 4.78 is 17.2. The Balaban J connectivity index is 2.12. The van der Waals surface area contributed by atoms with Gasteiger partial charge in [-0.2, -0.15) is 0 Å². The van der Waals surface area contributed by atoms with Crippen molar-refractivity contribution in [3.05, 3.63) is 62.6 Å². The average Bonchev–Trinajstić information content (AvgIpc) is 3.12. The van der Waals surface area contributed by atoms with Crippen molar-refractivity contribution < 1.29 is 28.3 Å². The highest BCUT2D eigenvalue weighted by molar-refractivity contribution is 6.09. The van der Waals surface area contributed by atoms with Crippen LogP contribution < -0.4 is 10.9 Å². The number of amides is 1. The van der Waals surface area contributed by atoms with E-state index in [-0.39, 0.29) is 48.0 Å². The summed E-state index contributed by atoms with van der Waals surface area (Å²) in [6.45, 7) is 10.4. The number of para-hydroxylation sites is 1. The van der Waals surface area contributed by atoms with Crippen molar-refractivity contribution in [2.24, 2.45) is 0 Å². The van der Waals surface area contributed by atoms with E-state index in [1.54, 1.807) is 20.8 Å². The smallest absolute Gasteiger partial charge is 0.344 e. The highest BCUT2D eigenvalue weighted by atomic mass is 16.5. The number of hydrogen-bond donors (Lipinski definition) is 1. The lowest BCUT2D eigenvalue weighted by atomic mass is 10.0. The van der Waals surface area contributed by atoms with Crippen LogP contribution in [0.15, 0.2) is 33.5 Å². The number of aryl methyl sites for hydroxylation is 3. The summed E-state index contributed by atoms with van der Waals surface area (Å²) in [5.74, 6) is -2.29. The summed E-state index contributed by atoms with van der Waals surface area (Å²) in [6.07, 6.45) is 0.289. The third-order valence-electron chi connectivity index (χ3n) is 5.76. The zero-order valence-electron chi connectivity index (χ0n) is 20.8. The van der Waals surface area contributed by atoms with E-state index in [2.05, 4.69) is 5.32 Å². The fourth-order valence-electron chi connectivity index (χ4n) is 4.21. The van der Waals surface area contributed by atoms with Crippen LogP contribution >= 0.6 is 0 Å². The monoisotopic (exact) mass is 482 g/mol. The normalized spacial score (nSPS) is 11.8. The van der Waals surface area contributed by atoms with Gasteiger partial charge in [-0.3, -0.25) is 19.5 Å². The Kier molecular flexibility index (Phi) is 7.78. The van der Waals surface area contributed by atoms with Crippen molar-refractivity contribution in [1.29, 1.82) is 0 Å². The van der Waals surface area contributed by atoms with Crippen LogP contribution in [0.3, 0.4) is 0 Å². The first kappa shape index (κ1) is 25.7. The zero-order chi connectivity index (χ0) is 25.9. The number of carbonyl (C=O) groups excluding carboxylic acids is 3. The number of nitrogens with one attached hydrogen (secondary N) is 1. The SMILES string of the molecule is CCOC(=O)c1c(C)oc(NC(=O)C(CC)n2c(=O)cc(C)c3cccc(C)c32)c1C(=O)OCC. The molecule has 0 aliphatic carbocycles. The number of fused-ring (bicyclic) bond motifs is 1. The first-order chi connectivity index (χ1) is 16.7. The molecular weight excluding hydrogens is 452 g/mol. The number of nitrogens with zero attached hydrogens (tertiary/aromatic N) is 1. The fraction of sp³-hybridized carbons (Fsp3) is 0.385. The second kappa shape index (κ2) is 10.6. The second-order valence-electron chi connectivity index (χ2n) is 8.10. The predicted molar refractivity (Wildman–Crippen MR) is 131 cm³/mol. The molecule has 2 aromatic heterocycles. The molecule has 1 atom stereocenters. The maximum Gasteiger partial charge on any atom is 0.344 e. The number of rotatable bonds is 8. The van der Waals surface area contributed by atoms with E-state index in [0.717, 1.165) is 16.5 Å². The molecule has 1 unspecified atom stereocenters. The summed E-state index contributed by atoms with van der Waals surface area (Å²) in [4.78, 5) is 51.8. The van der Waals surface area contributed by atoms with E-state index in [4.69, 9.17) is 13.9 Å². The minimum atomic E-state index is -0.904. The van der Waals surface area contributed by atoms with Crippen LogP contribution in [0.1, 0.15) is 70.8 Å². The third-order valence-corrected chi connectivity index (χ3v) is 5.76. The van der Waals surface area contributed by atoms with Gasteiger partial charge in [0, 0.05) is 11.5 Å². The molecule has 3 rings (SSSR count). The van der Waals surface area contributed by atoms with Crippen LogP contribution in [0.2, 0.25) is 0 Å². The van der Waals surface area contributed by atoms with Crippen molar-refractivity contribution in [1.82, 2.24) is 4.57 Å².